The zero-order chi connectivity index (χ0) is 17.3. The number of halogens is 2. The van der Waals surface area contributed by atoms with Crippen LogP contribution in [0.25, 0.3) is 5.65 Å². The highest BCUT2D eigenvalue weighted by atomic mass is 35.5. The van der Waals surface area contributed by atoms with Crippen LogP contribution in [0.1, 0.15) is 16.1 Å². The molecule has 0 atom stereocenters. The quantitative estimate of drug-likeness (QED) is 0.742. The second kappa shape index (κ2) is 6.51. The van der Waals surface area contributed by atoms with Crippen LogP contribution in [0.3, 0.4) is 0 Å². The van der Waals surface area contributed by atoms with E-state index in [-0.39, 0.29) is 22.0 Å². The number of rotatable bonds is 4. The largest absolute Gasteiger partial charge is 0.481 e. The van der Waals surface area contributed by atoms with Gasteiger partial charge in [0, 0.05) is 12.4 Å². The molecule has 1 aromatic carbocycles. The lowest BCUT2D eigenvalue weighted by Crippen LogP contribution is -2.14. The fourth-order valence-corrected chi connectivity index (χ4v) is 2.91. The normalized spacial score (nSPS) is 10.8. The lowest BCUT2D eigenvalue weighted by Gasteiger charge is -2.09. The molecule has 1 amide bonds. The minimum Gasteiger partial charge on any atom is -0.481 e. The molecule has 0 radical (unpaired) electrons. The van der Waals surface area contributed by atoms with Gasteiger partial charge in [-0.2, -0.15) is 0 Å². The smallest absolute Gasteiger partial charge is 0.309 e. The van der Waals surface area contributed by atoms with Crippen molar-refractivity contribution >= 4 is 46.4 Å². The van der Waals surface area contributed by atoms with Crippen LogP contribution in [0.2, 0.25) is 10.0 Å². The third-order valence-electron chi connectivity index (χ3n) is 3.38. The van der Waals surface area contributed by atoms with Crippen LogP contribution < -0.4 is 5.32 Å². The van der Waals surface area contributed by atoms with Gasteiger partial charge in [-0.05, 0) is 24.3 Å². The molecular formula is C16H11Cl2N3O3. The summed E-state index contributed by atoms with van der Waals surface area (Å²) in [7, 11) is 0. The summed E-state index contributed by atoms with van der Waals surface area (Å²) in [5.41, 5.74) is 1.53. The minimum atomic E-state index is -0.964. The number of amides is 1. The maximum Gasteiger partial charge on any atom is 0.309 e. The number of fused-ring (bicyclic) bond motifs is 1. The number of nitrogens with one attached hydrogen (secondary N) is 1. The molecule has 0 unspecified atom stereocenters. The lowest BCUT2D eigenvalue weighted by atomic mass is 10.2. The Morgan fingerprint density at radius 2 is 1.88 bits per heavy atom. The van der Waals surface area contributed by atoms with Gasteiger partial charge in [0.25, 0.3) is 5.91 Å². The van der Waals surface area contributed by atoms with Gasteiger partial charge in [-0.3, -0.25) is 9.59 Å². The van der Waals surface area contributed by atoms with Crippen molar-refractivity contribution in [3.05, 3.63) is 64.0 Å². The van der Waals surface area contributed by atoms with E-state index >= 15 is 0 Å². The molecule has 2 heterocycles. The molecule has 2 aromatic heterocycles. The van der Waals surface area contributed by atoms with E-state index in [4.69, 9.17) is 28.3 Å². The van der Waals surface area contributed by atoms with Crippen molar-refractivity contribution in [2.45, 2.75) is 6.42 Å². The standard InChI is InChI=1S/C16H11Cl2N3O3/c17-10-3-1-4-11(18)14(10)16(24)20-12-5-2-6-21-9(7-13(22)23)8-19-15(12)21/h1-6,8H,7H2,(H,20,24)(H,22,23). The monoisotopic (exact) mass is 363 g/mol. The molecule has 0 saturated carbocycles. The van der Waals surface area contributed by atoms with Crippen molar-refractivity contribution in [2.24, 2.45) is 0 Å². The summed E-state index contributed by atoms with van der Waals surface area (Å²) < 4.78 is 1.61. The van der Waals surface area contributed by atoms with Crippen LogP contribution in [0.4, 0.5) is 5.69 Å². The van der Waals surface area contributed by atoms with E-state index in [1.807, 2.05) is 0 Å². The Balaban J connectivity index is 1.97. The van der Waals surface area contributed by atoms with Gasteiger partial charge in [0.15, 0.2) is 5.65 Å². The molecular weight excluding hydrogens is 353 g/mol. The molecule has 0 saturated heterocycles. The Morgan fingerprint density at radius 1 is 1.17 bits per heavy atom. The summed E-state index contributed by atoms with van der Waals surface area (Å²) in [6.45, 7) is 0. The summed E-state index contributed by atoms with van der Waals surface area (Å²) in [5, 5.41) is 12.1. The molecule has 3 aromatic rings. The Bertz CT molecular complexity index is 933. The molecule has 2 N–H and O–H groups in total. The number of pyridine rings is 1. The topological polar surface area (TPSA) is 83.7 Å². The molecule has 0 bridgehead atoms. The van der Waals surface area contributed by atoms with Gasteiger partial charge in [-0.25, -0.2) is 4.98 Å². The van der Waals surface area contributed by atoms with Crippen LogP contribution in [0.5, 0.6) is 0 Å². The summed E-state index contributed by atoms with van der Waals surface area (Å²) in [6, 6.07) is 8.14. The first kappa shape index (κ1) is 16.3. The number of imidazole rings is 1. The van der Waals surface area contributed by atoms with Crippen molar-refractivity contribution < 1.29 is 14.7 Å². The summed E-state index contributed by atoms with van der Waals surface area (Å²) >= 11 is 12.1. The van der Waals surface area contributed by atoms with Gasteiger partial charge in [0.2, 0.25) is 0 Å². The predicted octanol–water partition coefficient (Wildman–Crippen LogP) is 3.52. The van der Waals surface area contributed by atoms with Gasteiger partial charge in [-0.15, -0.1) is 0 Å². The number of aliphatic carboxylic acids is 1. The van der Waals surface area contributed by atoms with Crippen LogP contribution in [-0.2, 0) is 11.2 Å². The number of carbonyl (C=O) groups is 2. The first-order valence-corrected chi connectivity index (χ1v) is 7.65. The summed E-state index contributed by atoms with van der Waals surface area (Å²) in [5.74, 6) is -1.43. The summed E-state index contributed by atoms with van der Waals surface area (Å²) in [4.78, 5) is 27.5. The molecule has 0 aliphatic carbocycles. The van der Waals surface area contributed by atoms with Gasteiger partial charge >= 0.3 is 5.97 Å². The van der Waals surface area contributed by atoms with E-state index in [0.717, 1.165) is 0 Å². The van der Waals surface area contributed by atoms with Crippen molar-refractivity contribution in [2.75, 3.05) is 5.32 Å². The summed E-state index contributed by atoms with van der Waals surface area (Å²) in [6.07, 6.45) is 2.97. The second-order valence-corrected chi connectivity index (χ2v) is 5.80. The predicted molar refractivity (Wildman–Crippen MR) is 90.9 cm³/mol. The third kappa shape index (κ3) is 3.06. The molecule has 0 spiro atoms. The van der Waals surface area contributed by atoms with Gasteiger partial charge in [-0.1, -0.05) is 29.3 Å². The molecule has 0 aliphatic rings. The minimum absolute atomic E-state index is 0.167. The third-order valence-corrected chi connectivity index (χ3v) is 4.01. The van der Waals surface area contributed by atoms with Crippen molar-refractivity contribution in [1.29, 1.82) is 0 Å². The molecule has 3 rings (SSSR count). The Labute approximate surface area is 146 Å². The average Bonchev–Trinajstić information content (AvgIpc) is 2.90. The van der Waals surface area contributed by atoms with E-state index < -0.39 is 11.9 Å². The lowest BCUT2D eigenvalue weighted by molar-refractivity contribution is -0.136. The molecule has 6 nitrogen and oxygen atoms in total. The SMILES string of the molecule is O=C(O)Cc1cnc2c(NC(=O)c3c(Cl)cccc3Cl)cccn12. The number of benzene rings is 1. The Morgan fingerprint density at radius 3 is 2.54 bits per heavy atom. The maximum atomic E-state index is 12.5. The van der Waals surface area contributed by atoms with E-state index in [0.29, 0.717) is 17.0 Å². The van der Waals surface area contributed by atoms with Crippen molar-refractivity contribution in [3.8, 4) is 0 Å². The van der Waals surface area contributed by atoms with Gasteiger partial charge in [0.1, 0.15) is 0 Å². The first-order valence-electron chi connectivity index (χ1n) is 6.89. The van der Waals surface area contributed by atoms with Gasteiger partial charge < -0.3 is 14.8 Å². The molecule has 122 valence electrons. The highest BCUT2D eigenvalue weighted by Gasteiger charge is 2.17. The van der Waals surface area contributed by atoms with E-state index in [1.54, 1.807) is 40.9 Å². The second-order valence-electron chi connectivity index (χ2n) is 4.99. The highest BCUT2D eigenvalue weighted by molar-refractivity contribution is 6.40. The number of carboxylic acid groups (broad SMARTS) is 1. The number of nitrogens with zero attached hydrogens (tertiary/aromatic N) is 2. The number of anilines is 1. The van der Waals surface area contributed by atoms with Crippen molar-refractivity contribution in [3.63, 3.8) is 0 Å². The van der Waals surface area contributed by atoms with E-state index in [2.05, 4.69) is 10.3 Å². The van der Waals surface area contributed by atoms with Crippen LogP contribution in [0.15, 0.2) is 42.7 Å². The fourth-order valence-electron chi connectivity index (χ4n) is 2.34. The number of hydrogen-bond donors (Lipinski definition) is 2. The van der Waals surface area contributed by atoms with E-state index in [9.17, 15) is 9.59 Å². The van der Waals surface area contributed by atoms with E-state index in [1.165, 1.54) is 6.20 Å². The number of carboxylic acids is 1. The number of hydrogen-bond acceptors (Lipinski definition) is 3. The first-order chi connectivity index (χ1) is 11.5. The highest BCUT2D eigenvalue weighted by Crippen LogP contribution is 2.26. The number of aromatic nitrogens is 2. The van der Waals surface area contributed by atoms with Gasteiger partial charge in [0.05, 0.1) is 33.4 Å². The van der Waals surface area contributed by atoms with Crippen LogP contribution in [-0.4, -0.2) is 26.4 Å². The number of carbonyl (C=O) groups excluding carboxylic acids is 1. The van der Waals surface area contributed by atoms with Crippen LogP contribution in [0, 0.1) is 0 Å². The molecule has 0 fully saturated rings. The fraction of sp³-hybridized carbons (Fsp3) is 0.0625. The zero-order valence-electron chi connectivity index (χ0n) is 12.2. The van der Waals surface area contributed by atoms with Crippen molar-refractivity contribution in [1.82, 2.24) is 9.38 Å². The average molecular weight is 364 g/mol. The Hall–Kier alpha value is -2.57. The van der Waals surface area contributed by atoms with Crippen LogP contribution >= 0.6 is 23.2 Å². The zero-order valence-corrected chi connectivity index (χ0v) is 13.7. The maximum absolute atomic E-state index is 12.5. The molecule has 0 aliphatic heterocycles. The molecule has 24 heavy (non-hydrogen) atoms. The Kier molecular flexibility index (Phi) is 4.42. The molecule has 8 heteroatoms.